The van der Waals surface area contributed by atoms with Crippen LogP contribution < -0.4 is 26.9 Å². The van der Waals surface area contributed by atoms with Crippen molar-refractivity contribution in [2.24, 2.45) is 17.6 Å². The molecule has 0 aliphatic carbocycles. The lowest BCUT2D eigenvalue weighted by Gasteiger charge is -2.25. The molecule has 0 saturated heterocycles. The number of hydrogen-bond donors (Lipinski definition) is 3. The number of benzene rings is 1. The molecule has 1 heterocycles. The quantitative estimate of drug-likeness (QED) is 0.234. The predicted molar refractivity (Wildman–Crippen MR) is 147 cm³/mol. The number of ketones is 1. The van der Waals surface area contributed by atoms with Crippen molar-refractivity contribution >= 4 is 23.5 Å². The number of carbonyl (C=O) groups excluding carboxylic acids is 4. The van der Waals surface area contributed by atoms with E-state index in [9.17, 15) is 24.0 Å². The van der Waals surface area contributed by atoms with Gasteiger partial charge in [-0.3, -0.25) is 19.2 Å². The highest BCUT2D eigenvalue weighted by atomic mass is 16.6. The Hall–Kier alpha value is -3.89. The monoisotopic (exact) mass is 559 g/mol. The number of rotatable bonds is 18. The van der Waals surface area contributed by atoms with Gasteiger partial charge in [0.1, 0.15) is 12.4 Å². The highest BCUT2D eigenvalue weighted by molar-refractivity contribution is 5.93. The third-order valence-corrected chi connectivity index (χ3v) is 6.83. The van der Waals surface area contributed by atoms with Crippen molar-refractivity contribution in [1.29, 1.82) is 0 Å². The van der Waals surface area contributed by atoms with Gasteiger partial charge in [0.05, 0.1) is 12.6 Å². The first-order valence-electron chi connectivity index (χ1n) is 13.7. The molecule has 3 amide bonds. The second-order valence-electron chi connectivity index (χ2n) is 9.99. The molecule has 1 aromatic heterocycles. The molecule has 3 unspecified atom stereocenters. The van der Waals surface area contributed by atoms with Crippen LogP contribution in [0.3, 0.4) is 0 Å². The Kier molecular flexibility index (Phi) is 13.1. The van der Waals surface area contributed by atoms with Gasteiger partial charge in [-0.25, -0.2) is 4.79 Å². The van der Waals surface area contributed by atoms with E-state index in [0.29, 0.717) is 30.1 Å². The first-order valence-corrected chi connectivity index (χ1v) is 13.7. The van der Waals surface area contributed by atoms with Crippen LogP contribution in [0.2, 0.25) is 0 Å². The Balaban J connectivity index is 2.14. The number of ether oxygens (including phenoxy) is 1. The summed E-state index contributed by atoms with van der Waals surface area (Å²) >= 11 is 0. The zero-order chi connectivity index (χ0) is 29.7. The van der Waals surface area contributed by atoms with Crippen LogP contribution in [0.15, 0.2) is 37.9 Å². The Labute approximate surface area is 234 Å². The number of amides is 3. The van der Waals surface area contributed by atoms with Gasteiger partial charge >= 0.3 is 5.82 Å². The largest absolute Gasteiger partial charge is 0.519 e. The van der Waals surface area contributed by atoms with Crippen molar-refractivity contribution < 1.29 is 32.7 Å². The average molecular weight is 560 g/mol. The van der Waals surface area contributed by atoms with Crippen LogP contribution in [0.5, 0.6) is 5.75 Å². The Morgan fingerprint density at radius 1 is 1.05 bits per heavy atom. The maximum Gasteiger partial charge on any atom is 0.519 e. The van der Waals surface area contributed by atoms with Crippen molar-refractivity contribution in [2.75, 3.05) is 6.54 Å². The summed E-state index contributed by atoms with van der Waals surface area (Å²) in [5.74, 6) is -2.01. The van der Waals surface area contributed by atoms with Crippen LogP contribution in [0.25, 0.3) is 0 Å². The summed E-state index contributed by atoms with van der Waals surface area (Å²) in [5.41, 5.74) is 5.94. The normalized spacial score (nSPS) is 13.2. The number of hydrogen-bond acceptors (Lipinski definition) is 8. The smallest absolute Gasteiger partial charge is 0.486 e. The molecule has 0 aliphatic rings. The van der Waals surface area contributed by atoms with Crippen molar-refractivity contribution in [3.63, 3.8) is 0 Å². The Bertz CT molecular complexity index is 1180. The first kappa shape index (κ1) is 32.3. The standard InChI is InChI=1S/C29H41N3O8/c1-5-7-8-9-27(35)32-23(24(33)15-22(18(3)6-2)28(36)31-16-26(30)34)14-20-10-12-21(13-11-20)38-17-25-19(4)39-29(37)40-25/h10-13,18,22-23H,5-9,14-17H2,1-4H3,(H2,30,34)(H,31,36)(H,32,35). The first-order chi connectivity index (χ1) is 19.0. The fourth-order valence-electron chi connectivity index (χ4n) is 4.16. The molecular formula is C29H41N3O8. The van der Waals surface area contributed by atoms with E-state index >= 15 is 0 Å². The molecule has 0 fully saturated rings. The topological polar surface area (TPSA) is 171 Å². The van der Waals surface area contributed by atoms with Gasteiger partial charge in [0.15, 0.2) is 17.3 Å². The van der Waals surface area contributed by atoms with Crippen molar-refractivity contribution in [3.05, 3.63) is 52.0 Å². The Morgan fingerprint density at radius 3 is 2.33 bits per heavy atom. The zero-order valence-corrected chi connectivity index (χ0v) is 23.7. The summed E-state index contributed by atoms with van der Waals surface area (Å²) in [6.45, 7) is 7.14. The lowest BCUT2D eigenvalue weighted by atomic mass is 9.84. The number of nitrogens with two attached hydrogens (primary N) is 1. The number of Topliss-reactive ketones (excluding diaryl/α,β-unsaturated/α-hetero) is 1. The van der Waals surface area contributed by atoms with Crippen LogP contribution in [0.4, 0.5) is 0 Å². The van der Waals surface area contributed by atoms with E-state index < -0.39 is 29.6 Å². The maximum absolute atomic E-state index is 13.5. The predicted octanol–water partition coefficient (Wildman–Crippen LogP) is 2.95. The third kappa shape index (κ3) is 10.7. The van der Waals surface area contributed by atoms with Gasteiger partial charge in [0.25, 0.3) is 0 Å². The van der Waals surface area contributed by atoms with Crippen LogP contribution in [-0.2, 0) is 32.2 Å². The van der Waals surface area contributed by atoms with Crippen molar-refractivity contribution in [1.82, 2.24) is 10.6 Å². The van der Waals surface area contributed by atoms with Gasteiger partial charge in [-0.1, -0.05) is 52.2 Å². The fraction of sp³-hybridized carbons (Fsp3) is 0.552. The molecule has 11 heteroatoms. The summed E-state index contributed by atoms with van der Waals surface area (Å²) in [6, 6.07) is 6.16. The molecular weight excluding hydrogens is 518 g/mol. The number of unbranched alkanes of at least 4 members (excludes halogenated alkanes) is 2. The molecule has 0 bridgehead atoms. The molecule has 2 aromatic rings. The second kappa shape index (κ2) is 16.3. The van der Waals surface area contributed by atoms with Crippen LogP contribution in [-0.4, -0.2) is 36.1 Å². The van der Waals surface area contributed by atoms with E-state index in [-0.39, 0.29) is 43.6 Å². The summed E-state index contributed by atoms with van der Waals surface area (Å²) in [7, 11) is 0. The molecule has 0 saturated carbocycles. The molecule has 0 radical (unpaired) electrons. The minimum atomic E-state index is -0.834. The molecule has 4 N–H and O–H groups in total. The third-order valence-electron chi connectivity index (χ3n) is 6.83. The maximum atomic E-state index is 13.5. The summed E-state index contributed by atoms with van der Waals surface area (Å²) in [5, 5.41) is 5.37. The van der Waals surface area contributed by atoms with E-state index in [4.69, 9.17) is 19.3 Å². The summed E-state index contributed by atoms with van der Waals surface area (Å²) in [6.07, 6.45) is 3.69. The minimum Gasteiger partial charge on any atom is -0.486 e. The van der Waals surface area contributed by atoms with Crippen molar-refractivity contribution in [2.45, 2.75) is 85.3 Å². The number of nitrogens with one attached hydrogen (secondary N) is 2. The molecule has 3 atom stereocenters. The molecule has 11 nitrogen and oxygen atoms in total. The number of aryl methyl sites for hydroxylation is 1. The highest BCUT2D eigenvalue weighted by Crippen LogP contribution is 2.22. The number of primary amides is 1. The summed E-state index contributed by atoms with van der Waals surface area (Å²) < 4.78 is 15.4. The molecule has 40 heavy (non-hydrogen) atoms. The van der Waals surface area contributed by atoms with Crippen LogP contribution >= 0.6 is 0 Å². The van der Waals surface area contributed by atoms with Gasteiger partial charge in [0.2, 0.25) is 17.7 Å². The molecule has 220 valence electrons. The summed E-state index contributed by atoms with van der Waals surface area (Å²) in [4.78, 5) is 61.3. The van der Waals surface area contributed by atoms with Gasteiger partial charge in [0, 0.05) is 18.8 Å². The lowest BCUT2D eigenvalue weighted by Crippen LogP contribution is -2.45. The van der Waals surface area contributed by atoms with Gasteiger partial charge < -0.3 is 29.9 Å². The van der Waals surface area contributed by atoms with Crippen LogP contribution in [0, 0.1) is 18.8 Å². The van der Waals surface area contributed by atoms with E-state index in [2.05, 4.69) is 10.6 Å². The van der Waals surface area contributed by atoms with Gasteiger partial charge in [-0.15, -0.1) is 0 Å². The minimum absolute atomic E-state index is 0.0146. The molecule has 1 aromatic carbocycles. The van der Waals surface area contributed by atoms with E-state index in [1.54, 1.807) is 31.2 Å². The van der Waals surface area contributed by atoms with Crippen LogP contribution in [0.1, 0.15) is 76.4 Å². The highest BCUT2D eigenvalue weighted by Gasteiger charge is 2.31. The fourth-order valence-corrected chi connectivity index (χ4v) is 4.16. The van der Waals surface area contributed by atoms with Gasteiger partial charge in [-0.05, 0) is 43.4 Å². The average Bonchev–Trinajstić information content (AvgIpc) is 3.25. The lowest BCUT2D eigenvalue weighted by molar-refractivity contribution is -0.133. The van der Waals surface area contributed by atoms with Gasteiger partial charge in [-0.2, -0.15) is 0 Å². The second-order valence-corrected chi connectivity index (χ2v) is 9.99. The Morgan fingerprint density at radius 2 is 1.75 bits per heavy atom. The SMILES string of the molecule is CCCCCC(=O)NC(Cc1ccc(OCc2oc(=O)oc2C)cc1)C(=O)CC(C(=O)NCC(N)=O)C(C)CC. The molecule has 2 rings (SSSR count). The zero-order valence-electron chi connectivity index (χ0n) is 23.7. The van der Waals surface area contributed by atoms with Crippen molar-refractivity contribution in [3.8, 4) is 5.75 Å². The van der Waals surface area contributed by atoms with E-state index in [1.807, 2.05) is 20.8 Å². The molecule has 0 spiro atoms. The van der Waals surface area contributed by atoms with E-state index in [0.717, 1.165) is 24.8 Å². The van der Waals surface area contributed by atoms with E-state index in [1.165, 1.54) is 0 Å². The molecule has 0 aliphatic heterocycles. The number of carbonyl (C=O) groups is 4.